The first-order valence-electron chi connectivity index (χ1n) is 4.49. The van der Waals surface area contributed by atoms with E-state index >= 15 is 0 Å². The van der Waals surface area contributed by atoms with Crippen molar-refractivity contribution in [1.29, 1.82) is 0 Å². The Morgan fingerprint density at radius 3 is 2.87 bits per heavy atom. The molecule has 1 aromatic rings. The molecule has 1 aromatic heterocycles. The summed E-state index contributed by atoms with van der Waals surface area (Å²) >= 11 is 1.71. The number of rotatable bonds is 5. The van der Waals surface area contributed by atoms with Gasteiger partial charge < -0.3 is 11.1 Å². The maximum absolute atomic E-state index is 13.1. The average Bonchev–Trinajstić information content (AvgIpc) is 2.20. The quantitative estimate of drug-likeness (QED) is 0.765. The molecular formula is C9H13F2N3S. The number of nitrogens with zero attached hydrogens (tertiary/aromatic N) is 1. The van der Waals surface area contributed by atoms with E-state index in [4.69, 9.17) is 5.73 Å². The first-order chi connectivity index (χ1) is 7.15. The van der Waals surface area contributed by atoms with Gasteiger partial charge in [0, 0.05) is 12.6 Å². The summed E-state index contributed by atoms with van der Waals surface area (Å²) in [6.45, 7) is 0.593. The SMILES string of the molecule is CSCCCNc1nc(N)c(F)cc1F. The summed E-state index contributed by atoms with van der Waals surface area (Å²) in [5, 5.41) is 2.77. The second kappa shape index (κ2) is 5.75. The van der Waals surface area contributed by atoms with Crippen LogP contribution in [0.2, 0.25) is 0 Å². The first kappa shape index (κ1) is 12.0. The minimum Gasteiger partial charge on any atom is -0.381 e. The van der Waals surface area contributed by atoms with Crippen LogP contribution in [0.4, 0.5) is 20.4 Å². The maximum atomic E-state index is 13.1. The average molecular weight is 233 g/mol. The monoisotopic (exact) mass is 233 g/mol. The van der Waals surface area contributed by atoms with E-state index in [0.29, 0.717) is 6.54 Å². The summed E-state index contributed by atoms with van der Waals surface area (Å²) in [5.74, 6) is -0.850. The third kappa shape index (κ3) is 3.54. The number of pyridine rings is 1. The van der Waals surface area contributed by atoms with Crippen LogP contribution < -0.4 is 11.1 Å². The highest BCUT2D eigenvalue weighted by molar-refractivity contribution is 7.98. The Balaban J connectivity index is 2.57. The lowest BCUT2D eigenvalue weighted by Crippen LogP contribution is -2.08. The molecule has 0 saturated heterocycles. The number of nitrogens with two attached hydrogens (primary N) is 1. The van der Waals surface area contributed by atoms with Crippen molar-refractivity contribution in [2.45, 2.75) is 6.42 Å². The first-order valence-corrected chi connectivity index (χ1v) is 5.89. The van der Waals surface area contributed by atoms with E-state index in [0.717, 1.165) is 18.2 Å². The van der Waals surface area contributed by atoms with Gasteiger partial charge in [-0.2, -0.15) is 11.8 Å². The fourth-order valence-electron chi connectivity index (χ4n) is 1.03. The number of hydrogen-bond acceptors (Lipinski definition) is 4. The second-order valence-corrected chi connectivity index (χ2v) is 3.94. The molecule has 0 fully saturated rings. The van der Waals surface area contributed by atoms with Gasteiger partial charge in [-0.25, -0.2) is 13.8 Å². The Morgan fingerprint density at radius 1 is 1.47 bits per heavy atom. The molecule has 0 aliphatic rings. The highest BCUT2D eigenvalue weighted by Gasteiger charge is 2.08. The van der Waals surface area contributed by atoms with E-state index in [1.807, 2.05) is 6.26 Å². The predicted molar refractivity (Wildman–Crippen MR) is 60.1 cm³/mol. The molecule has 0 saturated carbocycles. The zero-order chi connectivity index (χ0) is 11.3. The van der Waals surface area contributed by atoms with Crippen molar-refractivity contribution < 1.29 is 8.78 Å². The fraction of sp³-hybridized carbons (Fsp3) is 0.444. The normalized spacial score (nSPS) is 10.3. The molecule has 0 radical (unpaired) electrons. The van der Waals surface area contributed by atoms with Crippen LogP contribution in [0.1, 0.15) is 6.42 Å². The molecule has 0 amide bonds. The van der Waals surface area contributed by atoms with Gasteiger partial charge >= 0.3 is 0 Å². The molecule has 0 atom stereocenters. The third-order valence-corrected chi connectivity index (χ3v) is 2.47. The molecule has 84 valence electrons. The number of hydrogen-bond donors (Lipinski definition) is 2. The molecule has 0 aromatic carbocycles. The lowest BCUT2D eigenvalue weighted by molar-refractivity contribution is 0.579. The van der Waals surface area contributed by atoms with Gasteiger partial charge in [0.25, 0.3) is 0 Å². The van der Waals surface area contributed by atoms with Crippen molar-refractivity contribution in [3.63, 3.8) is 0 Å². The smallest absolute Gasteiger partial charge is 0.168 e. The molecule has 0 aliphatic heterocycles. The highest BCUT2D eigenvalue weighted by Crippen LogP contribution is 2.16. The lowest BCUT2D eigenvalue weighted by atomic mass is 10.4. The van der Waals surface area contributed by atoms with Crippen LogP contribution in [0, 0.1) is 11.6 Å². The van der Waals surface area contributed by atoms with Gasteiger partial charge in [0.2, 0.25) is 0 Å². The van der Waals surface area contributed by atoms with Gasteiger partial charge in [0.05, 0.1) is 0 Å². The Hall–Kier alpha value is -1.04. The Bertz CT molecular complexity index is 333. The van der Waals surface area contributed by atoms with Gasteiger partial charge in [0.1, 0.15) is 0 Å². The third-order valence-electron chi connectivity index (χ3n) is 1.77. The van der Waals surface area contributed by atoms with Crippen molar-refractivity contribution in [2.24, 2.45) is 0 Å². The Kier molecular flexibility index (Phi) is 4.61. The van der Waals surface area contributed by atoms with Crippen LogP contribution in [0.5, 0.6) is 0 Å². The highest BCUT2D eigenvalue weighted by atomic mass is 32.2. The lowest BCUT2D eigenvalue weighted by Gasteiger charge is -2.07. The summed E-state index contributed by atoms with van der Waals surface area (Å²) in [7, 11) is 0. The standard InChI is InChI=1S/C9H13F2N3S/c1-15-4-2-3-13-9-7(11)5-6(10)8(12)14-9/h5H,2-4H2,1H3,(H3,12,13,14). The van der Waals surface area contributed by atoms with Crippen molar-refractivity contribution >= 4 is 23.4 Å². The fourth-order valence-corrected chi connectivity index (χ4v) is 1.46. The van der Waals surface area contributed by atoms with Crippen LogP contribution in [-0.4, -0.2) is 23.5 Å². The molecule has 1 heterocycles. The van der Waals surface area contributed by atoms with Gasteiger partial charge in [0.15, 0.2) is 23.3 Å². The van der Waals surface area contributed by atoms with E-state index in [-0.39, 0.29) is 11.6 Å². The zero-order valence-corrected chi connectivity index (χ0v) is 9.20. The van der Waals surface area contributed by atoms with Crippen molar-refractivity contribution in [2.75, 3.05) is 29.6 Å². The minimum atomic E-state index is -0.831. The van der Waals surface area contributed by atoms with Crippen molar-refractivity contribution in [3.05, 3.63) is 17.7 Å². The van der Waals surface area contributed by atoms with Crippen molar-refractivity contribution in [3.8, 4) is 0 Å². The molecule has 0 unspecified atom stereocenters. The number of nitrogen functional groups attached to an aromatic ring is 1. The van der Waals surface area contributed by atoms with E-state index in [9.17, 15) is 8.78 Å². The number of nitrogens with one attached hydrogen (secondary N) is 1. The van der Waals surface area contributed by atoms with Gasteiger partial charge in [-0.1, -0.05) is 0 Å². The van der Waals surface area contributed by atoms with Crippen LogP contribution in [0.25, 0.3) is 0 Å². The molecule has 3 N–H and O–H groups in total. The van der Waals surface area contributed by atoms with Gasteiger partial charge in [-0.15, -0.1) is 0 Å². The second-order valence-electron chi connectivity index (χ2n) is 2.96. The summed E-state index contributed by atoms with van der Waals surface area (Å²) < 4.78 is 25.9. The minimum absolute atomic E-state index is 0.00926. The molecular weight excluding hydrogens is 220 g/mol. The van der Waals surface area contributed by atoms with E-state index in [2.05, 4.69) is 10.3 Å². The van der Waals surface area contributed by atoms with Gasteiger partial charge in [-0.3, -0.25) is 0 Å². The molecule has 0 spiro atoms. The Morgan fingerprint density at radius 2 is 2.20 bits per heavy atom. The topological polar surface area (TPSA) is 50.9 Å². The predicted octanol–water partition coefficient (Wildman–Crippen LogP) is 2.11. The van der Waals surface area contributed by atoms with E-state index in [1.54, 1.807) is 11.8 Å². The number of aromatic nitrogens is 1. The molecule has 0 bridgehead atoms. The summed E-state index contributed by atoms with van der Waals surface area (Å²) in [5.41, 5.74) is 5.22. The van der Waals surface area contributed by atoms with Crippen LogP contribution in [0.3, 0.4) is 0 Å². The van der Waals surface area contributed by atoms with E-state index < -0.39 is 11.6 Å². The number of anilines is 2. The summed E-state index contributed by atoms with van der Waals surface area (Å²) in [4.78, 5) is 3.58. The number of thioether (sulfide) groups is 1. The van der Waals surface area contributed by atoms with E-state index in [1.165, 1.54) is 0 Å². The summed E-state index contributed by atoms with van der Waals surface area (Å²) in [6, 6.07) is 0.735. The number of halogens is 2. The van der Waals surface area contributed by atoms with Crippen molar-refractivity contribution in [1.82, 2.24) is 4.98 Å². The van der Waals surface area contributed by atoms with Crippen LogP contribution in [0.15, 0.2) is 6.07 Å². The maximum Gasteiger partial charge on any atom is 0.168 e. The molecule has 3 nitrogen and oxygen atoms in total. The summed E-state index contributed by atoms with van der Waals surface area (Å²) in [6.07, 6.45) is 2.88. The molecule has 6 heteroatoms. The van der Waals surface area contributed by atoms with Crippen LogP contribution >= 0.6 is 11.8 Å². The van der Waals surface area contributed by atoms with Gasteiger partial charge in [-0.05, 0) is 18.4 Å². The molecule has 1 rings (SSSR count). The largest absolute Gasteiger partial charge is 0.381 e. The zero-order valence-electron chi connectivity index (χ0n) is 8.39. The Labute approximate surface area is 91.5 Å². The molecule has 0 aliphatic carbocycles. The van der Waals surface area contributed by atoms with Crippen LogP contribution in [-0.2, 0) is 0 Å². The molecule has 15 heavy (non-hydrogen) atoms.